The van der Waals surface area contributed by atoms with E-state index in [0.717, 1.165) is 0 Å². The van der Waals surface area contributed by atoms with Gasteiger partial charge in [-0.05, 0) is 39.5 Å². The molecule has 1 heterocycles. The Bertz CT molecular complexity index is 517. The minimum atomic E-state index is -4.16. The lowest BCUT2D eigenvalue weighted by Crippen LogP contribution is -2.31. The van der Waals surface area contributed by atoms with Crippen molar-refractivity contribution in [3.63, 3.8) is 0 Å². The number of alkyl halides is 3. The Hall–Kier alpha value is -1.04. The summed E-state index contributed by atoms with van der Waals surface area (Å²) < 4.78 is 39.5. The van der Waals surface area contributed by atoms with Crippen molar-refractivity contribution in [2.45, 2.75) is 51.7 Å². The van der Waals surface area contributed by atoms with E-state index in [1.54, 1.807) is 4.68 Å². The Morgan fingerprint density at radius 1 is 1.33 bits per heavy atom. The maximum absolute atomic E-state index is 12.7. The van der Waals surface area contributed by atoms with Crippen molar-refractivity contribution in [2.75, 3.05) is 0 Å². The molecule has 1 fully saturated rings. The lowest BCUT2D eigenvalue weighted by Gasteiger charge is -2.29. The molecule has 0 bridgehead atoms. The van der Waals surface area contributed by atoms with Crippen LogP contribution in [0.4, 0.5) is 13.2 Å². The summed E-state index contributed by atoms with van der Waals surface area (Å²) in [6.07, 6.45) is -2.23. The molecule has 0 aromatic carbocycles. The number of carbonyl (C=O) groups excluding carboxylic acids is 1. The summed E-state index contributed by atoms with van der Waals surface area (Å²) in [6, 6.07) is -0.0250. The summed E-state index contributed by atoms with van der Waals surface area (Å²) in [5, 5.41) is 4.34. The maximum atomic E-state index is 12.7. The molecule has 1 aliphatic carbocycles. The first-order chi connectivity index (χ1) is 9.71. The highest BCUT2D eigenvalue weighted by molar-refractivity contribution is 6.33. The van der Waals surface area contributed by atoms with E-state index < -0.39 is 18.0 Å². The molecule has 0 N–H and O–H groups in total. The molecule has 1 aromatic heterocycles. The van der Waals surface area contributed by atoms with E-state index >= 15 is 0 Å². The third-order valence-electron chi connectivity index (χ3n) is 4.03. The molecule has 2 rings (SSSR count). The van der Waals surface area contributed by atoms with E-state index in [9.17, 15) is 18.0 Å². The minimum absolute atomic E-state index is 0.00728. The van der Waals surface area contributed by atoms with Gasteiger partial charge < -0.3 is 0 Å². The second-order valence-corrected chi connectivity index (χ2v) is 6.24. The number of halogens is 4. The van der Waals surface area contributed by atoms with E-state index in [1.807, 2.05) is 13.8 Å². The average Bonchev–Trinajstić information content (AvgIpc) is 2.79. The third-order valence-corrected chi connectivity index (χ3v) is 4.31. The van der Waals surface area contributed by atoms with Crippen LogP contribution in [0.5, 0.6) is 0 Å². The quantitative estimate of drug-likeness (QED) is 0.758. The van der Waals surface area contributed by atoms with Gasteiger partial charge in [0, 0.05) is 12.0 Å². The van der Waals surface area contributed by atoms with E-state index in [2.05, 4.69) is 5.10 Å². The molecular weight excluding hydrogens is 305 g/mol. The molecule has 3 nitrogen and oxygen atoms in total. The Balaban J connectivity index is 2.11. The highest BCUT2D eigenvalue weighted by Gasteiger charge is 2.43. The van der Waals surface area contributed by atoms with Gasteiger partial charge in [-0.15, -0.1) is 0 Å². The summed E-state index contributed by atoms with van der Waals surface area (Å²) in [5.74, 6) is -1.87. The summed E-state index contributed by atoms with van der Waals surface area (Å²) in [6.45, 7) is 3.75. The summed E-state index contributed by atoms with van der Waals surface area (Å²) in [4.78, 5) is 12.5. The molecule has 1 saturated carbocycles. The fourth-order valence-electron chi connectivity index (χ4n) is 2.84. The lowest BCUT2D eigenvalue weighted by molar-refractivity contribution is -0.183. The van der Waals surface area contributed by atoms with Crippen molar-refractivity contribution in [1.82, 2.24) is 9.78 Å². The molecule has 0 atom stereocenters. The van der Waals surface area contributed by atoms with Gasteiger partial charge in [-0.1, -0.05) is 11.6 Å². The van der Waals surface area contributed by atoms with Crippen LogP contribution in [0.2, 0.25) is 5.02 Å². The Morgan fingerprint density at radius 3 is 2.38 bits per heavy atom. The molecule has 0 aliphatic heterocycles. The molecule has 7 heteroatoms. The maximum Gasteiger partial charge on any atom is 0.391 e. The van der Waals surface area contributed by atoms with Crippen molar-refractivity contribution >= 4 is 17.4 Å². The van der Waals surface area contributed by atoms with E-state index in [0.29, 0.717) is 5.69 Å². The number of rotatable bonds is 3. The van der Waals surface area contributed by atoms with Gasteiger partial charge >= 0.3 is 6.18 Å². The first-order valence-electron chi connectivity index (χ1n) is 7.05. The van der Waals surface area contributed by atoms with Crippen LogP contribution >= 0.6 is 11.6 Å². The molecule has 1 aliphatic rings. The fourth-order valence-corrected chi connectivity index (χ4v) is 3.06. The Kier molecular flexibility index (Phi) is 4.66. The van der Waals surface area contributed by atoms with E-state index in [1.165, 1.54) is 6.20 Å². The van der Waals surface area contributed by atoms with Crippen molar-refractivity contribution in [2.24, 2.45) is 11.8 Å². The number of aromatic nitrogens is 2. The highest BCUT2D eigenvalue weighted by atomic mass is 35.5. The number of hydrogen-bond acceptors (Lipinski definition) is 2. The smallest absolute Gasteiger partial charge is 0.292 e. The van der Waals surface area contributed by atoms with Crippen LogP contribution in [0.1, 0.15) is 56.1 Å². The predicted octanol–water partition coefficient (Wildman–Crippen LogP) is 4.67. The first kappa shape index (κ1) is 16.3. The minimum Gasteiger partial charge on any atom is -0.292 e. The van der Waals surface area contributed by atoms with Crippen molar-refractivity contribution in [1.29, 1.82) is 0 Å². The second kappa shape index (κ2) is 5.99. The fraction of sp³-hybridized carbons (Fsp3) is 0.714. The number of ketones is 1. The van der Waals surface area contributed by atoms with Gasteiger partial charge in [0.25, 0.3) is 0 Å². The molecule has 0 saturated heterocycles. The number of carbonyl (C=O) groups is 1. The summed E-state index contributed by atoms with van der Waals surface area (Å²) in [5.41, 5.74) is 0.321. The van der Waals surface area contributed by atoms with Gasteiger partial charge in [-0.25, -0.2) is 0 Å². The standard InChI is InChI=1S/C14H18ClF3N2O/c1-8(2)20-12(11(15)7-19-20)13(21)9-3-5-10(6-4-9)14(16,17)18/h7-10H,3-6H2,1-2H3. The van der Waals surface area contributed by atoms with E-state index in [4.69, 9.17) is 11.6 Å². The van der Waals surface area contributed by atoms with Crippen LogP contribution in [0.3, 0.4) is 0 Å². The van der Waals surface area contributed by atoms with Crippen LogP contribution in [0, 0.1) is 11.8 Å². The van der Waals surface area contributed by atoms with Gasteiger partial charge in [0.1, 0.15) is 5.69 Å². The molecule has 0 radical (unpaired) electrons. The van der Waals surface area contributed by atoms with Crippen LogP contribution in [-0.4, -0.2) is 21.7 Å². The molecular formula is C14H18ClF3N2O. The molecule has 0 spiro atoms. The predicted molar refractivity (Wildman–Crippen MR) is 73.5 cm³/mol. The van der Waals surface area contributed by atoms with Crippen LogP contribution in [0.15, 0.2) is 6.20 Å². The molecule has 1 aromatic rings. The zero-order valence-electron chi connectivity index (χ0n) is 12.0. The number of nitrogens with zero attached hydrogens (tertiary/aromatic N) is 2. The van der Waals surface area contributed by atoms with Crippen molar-refractivity contribution in [3.8, 4) is 0 Å². The third kappa shape index (κ3) is 3.42. The second-order valence-electron chi connectivity index (χ2n) is 5.83. The van der Waals surface area contributed by atoms with Gasteiger partial charge in [0.2, 0.25) is 0 Å². The summed E-state index contributed by atoms with van der Waals surface area (Å²) in [7, 11) is 0. The first-order valence-corrected chi connectivity index (χ1v) is 7.43. The number of Topliss-reactive ketones (excluding diaryl/α,β-unsaturated/α-hetero) is 1. The van der Waals surface area contributed by atoms with Crippen molar-refractivity contribution < 1.29 is 18.0 Å². The zero-order chi connectivity index (χ0) is 15.8. The largest absolute Gasteiger partial charge is 0.391 e. The average molecular weight is 323 g/mol. The van der Waals surface area contributed by atoms with Gasteiger partial charge in [-0.2, -0.15) is 18.3 Å². The van der Waals surface area contributed by atoms with Gasteiger partial charge in [0.05, 0.1) is 17.1 Å². The van der Waals surface area contributed by atoms with Crippen LogP contribution in [0.25, 0.3) is 0 Å². The highest BCUT2D eigenvalue weighted by Crippen LogP contribution is 2.40. The molecule has 118 valence electrons. The van der Waals surface area contributed by atoms with Crippen LogP contribution < -0.4 is 0 Å². The summed E-state index contributed by atoms with van der Waals surface area (Å²) >= 11 is 6.02. The van der Waals surface area contributed by atoms with Crippen molar-refractivity contribution in [3.05, 3.63) is 16.9 Å². The SMILES string of the molecule is CC(C)n1ncc(Cl)c1C(=O)C1CCC(C(F)(F)F)CC1. The lowest BCUT2D eigenvalue weighted by atomic mass is 9.79. The van der Waals surface area contributed by atoms with Gasteiger partial charge in [-0.3, -0.25) is 9.48 Å². The van der Waals surface area contributed by atoms with Crippen LogP contribution in [-0.2, 0) is 0 Å². The normalized spacial score (nSPS) is 23.6. The zero-order valence-corrected chi connectivity index (χ0v) is 12.7. The molecule has 21 heavy (non-hydrogen) atoms. The monoisotopic (exact) mass is 322 g/mol. The number of hydrogen-bond donors (Lipinski definition) is 0. The molecule has 0 amide bonds. The van der Waals surface area contributed by atoms with E-state index in [-0.39, 0.29) is 42.5 Å². The molecule has 0 unspecified atom stereocenters. The Morgan fingerprint density at radius 2 is 1.90 bits per heavy atom. The van der Waals surface area contributed by atoms with Gasteiger partial charge in [0.15, 0.2) is 5.78 Å². The Labute approximate surface area is 126 Å². The topological polar surface area (TPSA) is 34.9 Å².